The fourth-order valence-electron chi connectivity index (χ4n) is 5.15. The van der Waals surface area contributed by atoms with Crippen LogP contribution in [0.2, 0.25) is 0 Å². The van der Waals surface area contributed by atoms with Crippen molar-refractivity contribution < 1.29 is 8.78 Å². The number of nitrogens with zero attached hydrogens (tertiary/aromatic N) is 1. The van der Waals surface area contributed by atoms with Crippen molar-refractivity contribution in [2.24, 2.45) is 11.8 Å². The van der Waals surface area contributed by atoms with Gasteiger partial charge in [0.1, 0.15) is 0 Å². The molecule has 1 nitrogen and oxygen atoms in total. The van der Waals surface area contributed by atoms with Crippen molar-refractivity contribution in [3.63, 3.8) is 0 Å². The molecule has 0 spiro atoms. The van der Waals surface area contributed by atoms with E-state index in [0.717, 1.165) is 63.5 Å². The SMILES string of the molecule is CCCC1CCN(c2ccc([C@H]3CC[C@H](CCC)CC3)c(F)c2F)CC1. The third-order valence-electron chi connectivity index (χ3n) is 6.73. The second-order valence-corrected chi connectivity index (χ2v) is 8.53. The van der Waals surface area contributed by atoms with Gasteiger partial charge in [-0.15, -0.1) is 0 Å². The van der Waals surface area contributed by atoms with E-state index in [1.54, 1.807) is 0 Å². The molecule has 0 amide bonds. The van der Waals surface area contributed by atoms with Crippen LogP contribution in [-0.2, 0) is 0 Å². The van der Waals surface area contributed by atoms with Crippen molar-refractivity contribution in [2.75, 3.05) is 18.0 Å². The number of hydrogen-bond donors (Lipinski definition) is 0. The molecule has 3 heteroatoms. The van der Waals surface area contributed by atoms with Gasteiger partial charge in [-0.1, -0.05) is 45.6 Å². The summed E-state index contributed by atoms with van der Waals surface area (Å²) < 4.78 is 29.7. The zero-order valence-corrected chi connectivity index (χ0v) is 16.6. The minimum atomic E-state index is -0.618. The van der Waals surface area contributed by atoms with Crippen LogP contribution in [0.15, 0.2) is 12.1 Å². The molecule has 0 N–H and O–H groups in total. The molecule has 1 aliphatic carbocycles. The monoisotopic (exact) mass is 363 g/mol. The molecular weight excluding hydrogens is 328 g/mol. The van der Waals surface area contributed by atoms with E-state index in [9.17, 15) is 8.78 Å². The van der Waals surface area contributed by atoms with Crippen molar-refractivity contribution >= 4 is 5.69 Å². The highest BCUT2D eigenvalue weighted by molar-refractivity contribution is 5.50. The molecule has 146 valence electrons. The summed E-state index contributed by atoms with van der Waals surface area (Å²) >= 11 is 0. The summed E-state index contributed by atoms with van der Waals surface area (Å²) in [4.78, 5) is 2.05. The van der Waals surface area contributed by atoms with Gasteiger partial charge in [0, 0.05) is 13.1 Å². The Hall–Kier alpha value is -1.12. The lowest BCUT2D eigenvalue weighted by Gasteiger charge is -2.34. The van der Waals surface area contributed by atoms with Gasteiger partial charge < -0.3 is 4.90 Å². The van der Waals surface area contributed by atoms with E-state index >= 15 is 0 Å². The van der Waals surface area contributed by atoms with Gasteiger partial charge in [-0.05, 0) is 67.9 Å². The largest absolute Gasteiger partial charge is 0.369 e. The molecule has 1 aliphatic heterocycles. The Bertz CT molecular complexity index is 519. The van der Waals surface area contributed by atoms with Crippen molar-refractivity contribution in [1.29, 1.82) is 0 Å². The fourth-order valence-corrected chi connectivity index (χ4v) is 5.15. The minimum absolute atomic E-state index is 0.196. The van der Waals surface area contributed by atoms with Gasteiger partial charge in [-0.25, -0.2) is 8.78 Å². The molecule has 2 fully saturated rings. The highest BCUT2D eigenvalue weighted by Crippen LogP contribution is 2.40. The Kier molecular flexibility index (Phi) is 6.94. The molecule has 0 bridgehead atoms. The molecule has 1 saturated carbocycles. The Morgan fingerprint density at radius 3 is 1.96 bits per heavy atom. The Labute approximate surface area is 158 Å². The number of benzene rings is 1. The smallest absolute Gasteiger partial charge is 0.182 e. The van der Waals surface area contributed by atoms with E-state index < -0.39 is 11.6 Å². The number of piperidine rings is 1. The molecule has 26 heavy (non-hydrogen) atoms. The molecule has 0 aromatic heterocycles. The fraction of sp³-hybridized carbons (Fsp3) is 0.739. The quantitative estimate of drug-likeness (QED) is 0.523. The second-order valence-electron chi connectivity index (χ2n) is 8.53. The van der Waals surface area contributed by atoms with Crippen LogP contribution in [0.4, 0.5) is 14.5 Å². The number of anilines is 1. The molecule has 0 radical (unpaired) electrons. The highest BCUT2D eigenvalue weighted by Gasteiger charge is 2.28. The van der Waals surface area contributed by atoms with Crippen LogP contribution in [0.25, 0.3) is 0 Å². The lowest BCUT2D eigenvalue weighted by atomic mass is 9.77. The average molecular weight is 364 g/mol. The van der Waals surface area contributed by atoms with Crippen LogP contribution < -0.4 is 4.90 Å². The summed E-state index contributed by atoms with van der Waals surface area (Å²) in [6.07, 6.45) is 11.5. The molecule has 1 heterocycles. The van der Waals surface area contributed by atoms with Crippen LogP contribution in [0.5, 0.6) is 0 Å². The number of rotatable bonds is 6. The van der Waals surface area contributed by atoms with E-state index in [1.165, 1.54) is 25.7 Å². The van der Waals surface area contributed by atoms with Crippen molar-refractivity contribution in [1.82, 2.24) is 0 Å². The maximum atomic E-state index is 14.8. The first-order valence-electron chi connectivity index (χ1n) is 10.9. The number of halogens is 2. The highest BCUT2D eigenvalue weighted by atomic mass is 19.2. The summed E-state index contributed by atoms with van der Waals surface area (Å²) in [5.41, 5.74) is 1.09. The summed E-state index contributed by atoms with van der Waals surface area (Å²) in [5, 5.41) is 0. The van der Waals surface area contributed by atoms with Crippen LogP contribution >= 0.6 is 0 Å². The average Bonchev–Trinajstić information content (AvgIpc) is 2.66. The van der Waals surface area contributed by atoms with E-state index in [4.69, 9.17) is 0 Å². The molecule has 1 saturated heterocycles. The molecule has 3 rings (SSSR count). The maximum Gasteiger partial charge on any atom is 0.182 e. The Morgan fingerprint density at radius 1 is 0.808 bits per heavy atom. The Balaban J connectivity index is 1.66. The number of hydrogen-bond acceptors (Lipinski definition) is 1. The van der Waals surface area contributed by atoms with Crippen molar-refractivity contribution in [3.8, 4) is 0 Å². The molecule has 0 unspecified atom stereocenters. The predicted octanol–water partition coefficient (Wildman–Crippen LogP) is 7.06. The zero-order chi connectivity index (χ0) is 18.5. The van der Waals surface area contributed by atoms with Crippen LogP contribution in [0.3, 0.4) is 0 Å². The van der Waals surface area contributed by atoms with Gasteiger partial charge in [0.2, 0.25) is 0 Å². The normalized spacial score (nSPS) is 24.8. The predicted molar refractivity (Wildman–Crippen MR) is 106 cm³/mol. The molecular formula is C23H35F2N. The van der Waals surface area contributed by atoms with Gasteiger partial charge in [0.15, 0.2) is 11.6 Å². The van der Waals surface area contributed by atoms with E-state index in [2.05, 4.69) is 13.8 Å². The minimum Gasteiger partial charge on any atom is -0.369 e. The van der Waals surface area contributed by atoms with Gasteiger partial charge in [-0.2, -0.15) is 0 Å². The first-order chi connectivity index (χ1) is 12.6. The molecule has 1 aromatic carbocycles. The lowest BCUT2D eigenvalue weighted by Crippen LogP contribution is -2.34. The van der Waals surface area contributed by atoms with E-state index in [1.807, 2.05) is 17.0 Å². The molecule has 0 atom stereocenters. The maximum absolute atomic E-state index is 14.8. The topological polar surface area (TPSA) is 3.24 Å². The van der Waals surface area contributed by atoms with Gasteiger partial charge in [0.05, 0.1) is 5.69 Å². The van der Waals surface area contributed by atoms with Crippen molar-refractivity contribution in [3.05, 3.63) is 29.3 Å². The van der Waals surface area contributed by atoms with Crippen LogP contribution in [0.1, 0.15) is 89.5 Å². The van der Waals surface area contributed by atoms with Crippen LogP contribution in [0, 0.1) is 23.5 Å². The third kappa shape index (κ3) is 4.40. The first-order valence-corrected chi connectivity index (χ1v) is 10.9. The summed E-state index contributed by atoms with van der Waals surface area (Å²) in [6.45, 7) is 6.14. The first kappa shape index (κ1) is 19.6. The molecule has 1 aromatic rings. The van der Waals surface area contributed by atoms with Crippen molar-refractivity contribution in [2.45, 2.75) is 84.0 Å². The Morgan fingerprint density at radius 2 is 1.38 bits per heavy atom. The van der Waals surface area contributed by atoms with Gasteiger partial charge in [0.25, 0.3) is 0 Å². The lowest BCUT2D eigenvalue weighted by molar-refractivity contribution is 0.303. The van der Waals surface area contributed by atoms with Gasteiger partial charge in [-0.3, -0.25) is 0 Å². The van der Waals surface area contributed by atoms with E-state index in [0.29, 0.717) is 11.3 Å². The zero-order valence-electron chi connectivity index (χ0n) is 16.6. The van der Waals surface area contributed by atoms with E-state index in [-0.39, 0.29) is 5.92 Å². The standard InChI is InChI=1S/C23H35F2N/c1-3-5-17-7-9-19(10-8-17)20-11-12-21(23(25)22(20)24)26-15-13-18(6-4-2)14-16-26/h11-12,17-19H,3-10,13-16H2,1-2H3/t17-,19-. The summed E-state index contributed by atoms with van der Waals surface area (Å²) in [6, 6.07) is 3.71. The third-order valence-corrected chi connectivity index (χ3v) is 6.73. The second kappa shape index (κ2) is 9.19. The molecule has 2 aliphatic rings. The van der Waals surface area contributed by atoms with Gasteiger partial charge >= 0.3 is 0 Å². The van der Waals surface area contributed by atoms with Crippen LogP contribution in [-0.4, -0.2) is 13.1 Å². The summed E-state index contributed by atoms with van der Waals surface area (Å²) in [5.74, 6) is 0.528. The summed E-state index contributed by atoms with van der Waals surface area (Å²) in [7, 11) is 0.